The van der Waals surface area contributed by atoms with Crippen LogP contribution in [0.5, 0.6) is 0 Å². The van der Waals surface area contributed by atoms with Crippen molar-refractivity contribution in [1.29, 1.82) is 0 Å². The first kappa shape index (κ1) is 14.4. The van der Waals surface area contributed by atoms with E-state index in [9.17, 15) is 0 Å². The molecule has 0 aliphatic carbocycles. The molecule has 0 saturated heterocycles. The molecule has 0 bridgehead atoms. The molecule has 0 heterocycles. The number of nitrogens with two attached hydrogens (primary N) is 1. The van der Waals surface area contributed by atoms with Crippen molar-refractivity contribution in [3.05, 3.63) is 34.9 Å². The second-order valence-corrected chi connectivity index (χ2v) is 3.91. The summed E-state index contributed by atoms with van der Waals surface area (Å²) < 4.78 is 0. The van der Waals surface area contributed by atoms with E-state index in [0.29, 0.717) is 6.42 Å². The first-order valence-corrected chi connectivity index (χ1v) is 5.06. The molecule has 2 nitrogen and oxygen atoms in total. The SMILES string of the molecule is Cc1ccc(CC(N)CCO)c(C)c1.Cl. The minimum Gasteiger partial charge on any atom is -0.396 e. The van der Waals surface area contributed by atoms with Crippen LogP contribution >= 0.6 is 12.4 Å². The second-order valence-electron chi connectivity index (χ2n) is 3.91. The Labute approximate surface area is 97.9 Å². The molecule has 3 heteroatoms. The third kappa shape index (κ3) is 4.65. The van der Waals surface area contributed by atoms with E-state index in [1.807, 2.05) is 0 Å². The van der Waals surface area contributed by atoms with Gasteiger partial charge in [0.1, 0.15) is 0 Å². The molecular weight excluding hydrogens is 210 g/mol. The molecule has 0 amide bonds. The summed E-state index contributed by atoms with van der Waals surface area (Å²) in [5.41, 5.74) is 9.72. The lowest BCUT2D eigenvalue weighted by molar-refractivity contribution is 0.275. The van der Waals surface area contributed by atoms with Gasteiger partial charge in [0.25, 0.3) is 0 Å². The molecule has 1 aromatic rings. The van der Waals surface area contributed by atoms with Crippen LogP contribution in [-0.4, -0.2) is 17.8 Å². The van der Waals surface area contributed by atoms with Crippen molar-refractivity contribution in [1.82, 2.24) is 0 Å². The van der Waals surface area contributed by atoms with Crippen LogP contribution < -0.4 is 5.73 Å². The molecule has 15 heavy (non-hydrogen) atoms. The van der Waals surface area contributed by atoms with Gasteiger partial charge in [-0.05, 0) is 37.8 Å². The Bertz CT molecular complexity index is 302. The van der Waals surface area contributed by atoms with Crippen molar-refractivity contribution in [3.8, 4) is 0 Å². The zero-order valence-corrected chi connectivity index (χ0v) is 10.2. The Hall–Kier alpha value is -0.570. The molecule has 1 rings (SSSR count). The predicted octanol–water partition coefficient (Wildman–Crippen LogP) is 1.98. The van der Waals surface area contributed by atoms with Crippen molar-refractivity contribution >= 4 is 12.4 Å². The minimum atomic E-state index is 0. The maximum absolute atomic E-state index is 8.75. The molecule has 1 unspecified atom stereocenters. The van der Waals surface area contributed by atoms with Crippen molar-refractivity contribution in [2.24, 2.45) is 5.73 Å². The van der Waals surface area contributed by atoms with E-state index >= 15 is 0 Å². The summed E-state index contributed by atoms with van der Waals surface area (Å²) in [7, 11) is 0. The Balaban J connectivity index is 0.00000196. The Kier molecular flexibility index (Phi) is 6.57. The Morgan fingerprint density at radius 1 is 1.33 bits per heavy atom. The van der Waals surface area contributed by atoms with Crippen LogP contribution in [-0.2, 0) is 6.42 Å². The molecule has 0 aromatic heterocycles. The minimum absolute atomic E-state index is 0. The van der Waals surface area contributed by atoms with E-state index < -0.39 is 0 Å². The summed E-state index contributed by atoms with van der Waals surface area (Å²) in [4.78, 5) is 0. The van der Waals surface area contributed by atoms with Gasteiger partial charge in [0.2, 0.25) is 0 Å². The van der Waals surface area contributed by atoms with Crippen LogP contribution in [0, 0.1) is 13.8 Å². The highest BCUT2D eigenvalue weighted by Crippen LogP contribution is 2.12. The maximum atomic E-state index is 8.75. The number of rotatable bonds is 4. The fourth-order valence-corrected chi connectivity index (χ4v) is 1.63. The lowest BCUT2D eigenvalue weighted by Gasteiger charge is -2.12. The molecule has 86 valence electrons. The zero-order valence-electron chi connectivity index (χ0n) is 9.36. The van der Waals surface area contributed by atoms with Gasteiger partial charge in [0, 0.05) is 12.6 Å². The zero-order chi connectivity index (χ0) is 10.6. The van der Waals surface area contributed by atoms with E-state index in [-0.39, 0.29) is 25.1 Å². The first-order chi connectivity index (χ1) is 6.63. The quantitative estimate of drug-likeness (QED) is 0.830. The summed E-state index contributed by atoms with van der Waals surface area (Å²) >= 11 is 0. The summed E-state index contributed by atoms with van der Waals surface area (Å²) in [5.74, 6) is 0. The molecule has 0 radical (unpaired) electrons. The molecule has 1 aromatic carbocycles. The molecule has 1 atom stereocenters. The van der Waals surface area contributed by atoms with E-state index in [1.165, 1.54) is 16.7 Å². The first-order valence-electron chi connectivity index (χ1n) is 5.06. The highest BCUT2D eigenvalue weighted by molar-refractivity contribution is 5.85. The molecule has 0 fully saturated rings. The standard InChI is InChI=1S/C12H19NO.ClH/c1-9-3-4-11(10(2)7-9)8-12(13)5-6-14;/h3-4,7,12,14H,5-6,8,13H2,1-2H3;1H. The summed E-state index contributed by atoms with van der Waals surface area (Å²) in [6.07, 6.45) is 1.53. The van der Waals surface area contributed by atoms with Gasteiger partial charge in [-0.3, -0.25) is 0 Å². The van der Waals surface area contributed by atoms with Gasteiger partial charge in [0.05, 0.1) is 0 Å². The van der Waals surface area contributed by atoms with Gasteiger partial charge in [-0.1, -0.05) is 23.8 Å². The molecule has 0 spiro atoms. The fraction of sp³-hybridized carbons (Fsp3) is 0.500. The number of hydrogen-bond donors (Lipinski definition) is 2. The van der Waals surface area contributed by atoms with E-state index in [1.54, 1.807) is 0 Å². The largest absolute Gasteiger partial charge is 0.396 e. The number of benzene rings is 1. The van der Waals surface area contributed by atoms with Gasteiger partial charge in [-0.2, -0.15) is 0 Å². The summed E-state index contributed by atoms with van der Waals surface area (Å²) in [6, 6.07) is 6.47. The molecule has 0 saturated carbocycles. The second kappa shape index (κ2) is 6.83. The Morgan fingerprint density at radius 2 is 2.00 bits per heavy atom. The number of hydrogen-bond acceptors (Lipinski definition) is 2. The van der Waals surface area contributed by atoms with E-state index in [2.05, 4.69) is 32.0 Å². The van der Waals surface area contributed by atoms with Gasteiger partial charge < -0.3 is 10.8 Å². The molecular formula is C12H20ClNO. The fourth-order valence-electron chi connectivity index (χ4n) is 1.63. The van der Waals surface area contributed by atoms with E-state index in [0.717, 1.165) is 6.42 Å². The van der Waals surface area contributed by atoms with Gasteiger partial charge in [-0.15, -0.1) is 12.4 Å². The third-order valence-corrected chi connectivity index (χ3v) is 2.48. The predicted molar refractivity (Wildman–Crippen MR) is 66.5 cm³/mol. The summed E-state index contributed by atoms with van der Waals surface area (Å²) in [5, 5.41) is 8.75. The van der Waals surface area contributed by atoms with E-state index in [4.69, 9.17) is 10.8 Å². The number of aliphatic hydroxyl groups is 1. The number of aryl methyl sites for hydroxylation is 2. The molecule has 0 aliphatic rings. The average Bonchev–Trinajstić information content (AvgIpc) is 2.10. The van der Waals surface area contributed by atoms with Crippen molar-refractivity contribution in [2.75, 3.05) is 6.61 Å². The molecule has 3 N–H and O–H groups in total. The maximum Gasteiger partial charge on any atom is 0.0445 e. The van der Waals surface area contributed by atoms with Crippen molar-refractivity contribution in [3.63, 3.8) is 0 Å². The normalized spacial score (nSPS) is 12.0. The molecule has 0 aliphatic heterocycles. The van der Waals surface area contributed by atoms with Crippen molar-refractivity contribution < 1.29 is 5.11 Å². The van der Waals surface area contributed by atoms with Crippen LogP contribution in [0.1, 0.15) is 23.1 Å². The van der Waals surface area contributed by atoms with Gasteiger partial charge in [0.15, 0.2) is 0 Å². The van der Waals surface area contributed by atoms with Crippen molar-refractivity contribution in [2.45, 2.75) is 32.7 Å². The lowest BCUT2D eigenvalue weighted by atomic mass is 9.98. The lowest BCUT2D eigenvalue weighted by Crippen LogP contribution is -2.24. The average molecular weight is 230 g/mol. The number of halogens is 1. The summed E-state index contributed by atoms with van der Waals surface area (Å²) in [6.45, 7) is 4.37. The monoisotopic (exact) mass is 229 g/mol. The van der Waals surface area contributed by atoms with Gasteiger partial charge >= 0.3 is 0 Å². The Morgan fingerprint density at radius 3 is 2.53 bits per heavy atom. The van der Waals surface area contributed by atoms with Crippen LogP contribution in [0.4, 0.5) is 0 Å². The highest BCUT2D eigenvalue weighted by Gasteiger charge is 2.05. The van der Waals surface area contributed by atoms with Crippen LogP contribution in [0.15, 0.2) is 18.2 Å². The number of aliphatic hydroxyl groups excluding tert-OH is 1. The third-order valence-electron chi connectivity index (χ3n) is 2.48. The smallest absolute Gasteiger partial charge is 0.0445 e. The van der Waals surface area contributed by atoms with Crippen LogP contribution in [0.25, 0.3) is 0 Å². The topological polar surface area (TPSA) is 46.2 Å². The van der Waals surface area contributed by atoms with Crippen LogP contribution in [0.2, 0.25) is 0 Å². The highest BCUT2D eigenvalue weighted by atomic mass is 35.5. The van der Waals surface area contributed by atoms with Crippen LogP contribution in [0.3, 0.4) is 0 Å². The van der Waals surface area contributed by atoms with Gasteiger partial charge in [-0.25, -0.2) is 0 Å².